The zero-order valence-electron chi connectivity index (χ0n) is 10.7. The first-order valence-electron chi connectivity index (χ1n) is 6.88. The fourth-order valence-corrected chi connectivity index (χ4v) is 3.86. The number of fused-ring (bicyclic) bond motifs is 1. The molecule has 0 bridgehead atoms. The molecule has 0 radical (unpaired) electrons. The molecule has 3 rings (SSSR count). The highest BCUT2D eigenvalue weighted by atomic mass is 35.5. The number of nitro groups is 1. The summed E-state index contributed by atoms with van der Waals surface area (Å²) < 4.78 is 0. The first-order valence-corrected chi connectivity index (χ1v) is 7.26. The van der Waals surface area contributed by atoms with Gasteiger partial charge in [-0.05, 0) is 37.3 Å². The first kappa shape index (κ1) is 12.7. The molecule has 19 heavy (non-hydrogen) atoms. The maximum absolute atomic E-state index is 11.3. The smallest absolute Gasteiger partial charge is 0.310 e. The van der Waals surface area contributed by atoms with E-state index in [1.165, 1.54) is 19.3 Å². The summed E-state index contributed by atoms with van der Waals surface area (Å²) in [5, 5.41) is 11.5. The number of nitro benzene ring substituents is 1. The van der Waals surface area contributed by atoms with Crippen molar-refractivity contribution in [2.45, 2.75) is 38.1 Å². The number of halogens is 1. The lowest BCUT2D eigenvalue weighted by atomic mass is 9.85. The van der Waals surface area contributed by atoms with Gasteiger partial charge >= 0.3 is 5.69 Å². The van der Waals surface area contributed by atoms with Gasteiger partial charge in [-0.1, -0.05) is 30.5 Å². The van der Waals surface area contributed by atoms with Crippen LogP contribution in [0, 0.1) is 16.0 Å². The molecule has 1 saturated carbocycles. The average molecular weight is 281 g/mol. The number of anilines is 1. The SMILES string of the molecule is O=[N+]([O-])c1c(Cl)cccc1N1CCC2CCCCC21. The van der Waals surface area contributed by atoms with Crippen LogP contribution in [0.1, 0.15) is 32.1 Å². The van der Waals surface area contributed by atoms with Crippen molar-refractivity contribution in [3.63, 3.8) is 0 Å². The van der Waals surface area contributed by atoms with Crippen LogP contribution in [0.3, 0.4) is 0 Å². The number of para-hydroxylation sites is 1. The molecule has 0 spiro atoms. The second-order valence-corrected chi connectivity index (χ2v) is 5.87. The molecule has 102 valence electrons. The molecule has 2 atom stereocenters. The van der Waals surface area contributed by atoms with Gasteiger partial charge in [-0.15, -0.1) is 0 Å². The van der Waals surface area contributed by atoms with Gasteiger partial charge in [0.2, 0.25) is 0 Å². The normalized spacial score (nSPS) is 26.3. The zero-order chi connectivity index (χ0) is 13.4. The highest BCUT2D eigenvalue weighted by molar-refractivity contribution is 6.33. The van der Waals surface area contributed by atoms with Crippen LogP contribution < -0.4 is 4.90 Å². The first-order chi connectivity index (χ1) is 9.18. The molecule has 0 aromatic heterocycles. The third kappa shape index (κ3) is 2.18. The van der Waals surface area contributed by atoms with Crippen molar-refractivity contribution in [1.29, 1.82) is 0 Å². The quantitative estimate of drug-likeness (QED) is 0.607. The lowest BCUT2D eigenvalue weighted by Gasteiger charge is -2.32. The van der Waals surface area contributed by atoms with Crippen LogP contribution in [0.25, 0.3) is 0 Å². The maximum atomic E-state index is 11.3. The monoisotopic (exact) mass is 280 g/mol. The summed E-state index contributed by atoms with van der Waals surface area (Å²) in [6.45, 7) is 0.913. The number of hydrogen-bond donors (Lipinski definition) is 0. The van der Waals surface area contributed by atoms with Gasteiger partial charge in [0.05, 0.1) is 4.92 Å². The molecule has 2 unspecified atom stereocenters. The zero-order valence-corrected chi connectivity index (χ0v) is 11.5. The standard InChI is InChI=1S/C14H17ClN2O2/c15-11-5-3-7-13(14(11)17(18)19)16-9-8-10-4-1-2-6-12(10)16/h3,5,7,10,12H,1-2,4,6,8-9H2. The Morgan fingerprint density at radius 3 is 2.84 bits per heavy atom. The Labute approximate surface area is 117 Å². The van der Waals surface area contributed by atoms with Gasteiger partial charge in [-0.25, -0.2) is 0 Å². The molecule has 1 aromatic rings. The van der Waals surface area contributed by atoms with Crippen LogP contribution in [0.5, 0.6) is 0 Å². The molecule has 1 aliphatic heterocycles. The van der Waals surface area contributed by atoms with Gasteiger partial charge in [0.15, 0.2) is 0 Å². The minimum Gasteiger partial charge on any atom is -0.363 e. The molecule has 1 saturated heterocycles. The molecule has 4 nitrogen and oxygen atoms in total. The molecule has 2 fully saturated rings. The van der Waals surface area contributed by atoms with Gasteiger partial charge in [0, 0.05) is 12.6 Å². The number of nitrogens with zero attached hydrogens (tertiary/aromatic N) is 2. The molecular formula is C14H17ClN2O2. The summed E-state index contributed by atoms with van der Waals surface area (Å²) in [6.07, 6.45) is 6.08. The predicted octanol–water partition coefficient (Wildman–Crippen LogP) is 4.02. The summed E-state index contributed by atoms with van der Waals surface area (Å²) in [7, 11) is 0. The van der Waals surface area contributed by atoms with Crippen molar-refractivity contribution < 1.29 is 4.92 Å². The molecule has 1 heterocycles. The van der Waals surface area contributed by atoms with E-state index in [4.69, 9.17) is 11.6 Å². The molecule has 2 aliphatic rings. The Morgan fingerprint density at radius 2 is 2.05 bits per heavy atom. The molecule has 0 amide bonds. The second kappa shape index (κ2) is 5.00. The lowest BCUT2D eigenvalue weighted by molar-refractivity contribution is -0.384. The van der Waals surface area contributed by atoms with E-state index in [9.17, 15) is 10.1 Å². The Kier molecular flexibility index (Phi) is 3.35. The van der Waals surface area contributed by atoms with Crippen molar-refractivity contribution >= 4 is 23.0 Å². The Morgan fingerprint density at radius 1 is 1.26 bits per heavy atom. The maximum Gasteiger partial charge on any atom is 0.310 e. The molecule has 1 aliphatic carbocycles. The molecule has 0 N–H and O–H groups in total. The highest BCUT2D eigenvalue weighted by Gasteiger charge is 2.38. The average Bonchev–Trinajstić information content (AvgIpc) is 2.81. The van der Waals surface area contributed by atoms with Gasteiger partial charge < -0.3 is 4.90 Å². The van der Waals surface area contributed by atoms with Crippen LogP contribution in [-0.4, -0.2) is 17.5 Å². The van der Waals surface area contributed by atoms with Gasteiger partial charge in [0.1, 0.15) is 10.7 Å². The summed E-state index contributed by atoms with van der Waals surface area (Å²) >= 11 is 6.01. The third-order valence-electron chi connectivity index (χ3n) is 4.47. The van der Waals surface area contributed by atoms with E-state index in [2.05, 4.69) is 4.90 Å². The topological polar surface area (TPSA) is 46.4 Å². The van der Waals surface area contributed by atoms with Crippen LogP contribution >= 0.6 is 11.6 Å². The van der Waals surface area contributed by atoms with E-state index in [0.29, 0.717) is 17.6 Å². The van der Waals surface area contributed by atoms with E-state index in [1.807, 2.05) is 6.07 Å². The van der Waals surface area contributed by atoms with Crippen LogP contribution in [0.15, 0.2) is 18.2 Å². The highest BCUT2D eigenvalue weighted by Crippen LogP contribution is 2.43. The van der Waals surface area contributed by atoms with E-state index in [0.717, 1.165) is 19.4 Å². The van der Waals surface area contributed by atoms with E-state index in [1.54, 1.807) is 12.1 Å². The van der Waals surface area contributed by atoms with E-state index in [-0.39, 0.29) is 15.6 Å². The number of rotatable bonds is 2. The fourth-order valence-electron chi connectivity index (χ4n) is 3.62. The largest absolute Gasteiger partial charge is 0.363 e. The summed E-state index contributed by atoms with van der Waals surface area (Å²) in [6, 6.07) is 5.70. The molecule has 1 aromatic carbocycles. The van der Waals surface area contributed by atoms with Gasteiger partial charge in [0.25, 0.3) is 0 Å². The van der Waals surface area contributed by atoms with Crippen LogP contribution in [0.4, 0.5) is 11.4 Å². The molecular weight excluding hydrogens is 264 g/mol. The third-order valence-corrected chi connectivity index (χ3v) is 4.77. The predicted molar refractivity (Wildman–Crippen MR) is 75.8 cm³/mol. The second-order valence-electron chi connectivity index (χ2n) is 5.46. The van der Waals surface area contributed by atoms with Crippen molar-refractivity contribution in [3.05, 3.63) is 33.3 Å². The van der Waals surface area contributed by atoms with Crippen LogP contribution in [0.2, 0.25) is 5.02 Å². The lowest BCUT2D eigenvalue weighted by Crippen LogP contribution is -2.35. The summed E-state index contributed by atoms with van der Waals surface area (Å²) in [5.74, 6) is 0.701. The van der Waals surface area contributed by atoms with Crippen molar-refractivity contribution in [2.24, 2.45) is 5.92 Å². The minimum absolute atomic E-state index is 0.0652. The number of hydrogen-bond acceptors (Lipinski definition) is 3. The summed E-state index contributed by atoms with van der Waals surface area (Å²) in [5.41, 5.74) is 0.766. The van der Waals surface area contributed by atoms with Crippen molar-refractivity contribution in [3.8, 4) is 0 Å². The fraction of sp³-hybridized carbons (Fsp3) is 0.571. The van der Waals surface area contributed by atoms with Crippen molar-refractivity contribution in [1.82, 2.24) is 0 Å². The van der Waals surface area contributed by atoms with Gasteiger partial charge in [-0.2, -0.15) is 0 Å². The minimum atomic E-state index is -0.353. The van der Waals surface area contributed by atoms with E-state index >= 15 is 0 Å². The Bertz CT molecular complexity index is 506. The van der Waals surface area contributed by atoms with Crippen molar-refractivity contribution in [2.75, 3.05) is 11.4 Å². The Balaban J connectivity index is 1.98. The van der Waals surface area contributed by atoms with Gasteiger partial charge in [-0.3, -0.25) is 10.1 Å². The Hall–Kier alpha value is -1.29. The van der Waals surface area contributed by atoms with E-state index < -0.39 is 0 Å². The summed E-state index contributed by atoms with van der Waals surface area (Å²) in [4.78, 5) is 13.1. The number of benzene rings is 1. The molecule has 5 heteroatoms. The van der Waals surface area contributed by atoms with Crippen LogP contribution in [-0.2, 0) is 0 Å².